The Balaban J connectivity index is 1.65. The van der Waals surface area contributed by atoms with Crippen molar-refractivity contribution < 1.29 is 22.6 Å². The van der Waals surface area contributed by atoms with E-state index in [-0.39, 0.29) is 12.1 Å². The molecule has 1 fully saturated rings. The van der Waals surface area contributed by atoms with Gasteiger partial charge in [0.25, 0.3) is 0 Å². The highest BCUT2D eigenvalue weighted by molar-refractivity contribution is 5.30. The summed E-state index contributed by atoms with van der Waals surface area (Å²) < 4.78 is 43.9. The molecule has 8 heteroatoms. The van der Waals surface area contributed by atoms with E-state index in [9.17, 15) is 13.2 Å². The van der Waals surface area contributed by atoms with Crippen LogP contribution in [-0.4, -0.2) is 32.7 Å². The summed E-state index contributed by atoms with van der Waals surface area (Å²) in [6.45, 7) is 1.14. The first-order chi connectivity index (χ1) is 9.89. The number of halogens is 3. The van der Waals surface area contributed by atoms with E-state index in [0.29, 0.717) is 19.8 Å². The summed E-state index contributed by atoms with van der Waals surface area (Å²) >= 11 is 0. The van der Waals surface area contributed by atoms with Crippen LogP contribution in [-0.2, 0) is 21.6 Å². The number of hydrazine groups is 1. The zero-order valence-electron chi connectivity index (χ0n) is 11.4. The van der Waals surface area contributed by atoms with Crippen LogP contribution in [0.15, 0.2) is 24.3 Å². The molecule has 0 bridgehead atoms. The SMILES string of the molecule is NC1(c2ccc(CNNCCOC(F)(F)F)cc2)COC1. The molecule has 1 aromatic carbocycles. The van der Waals surface area contributed by atoms with Crippen LogP contribution in [0.25, 0.3) is 0 Å². The van der Waals surface area contributed by atoms with Gasteiger partial charge >= 0.3 is 6.36 Å². The summed E-state index contributed by atoms with van der Waals surface area (Å²) in [4.78, 5) is 0. The molecule has 0 aliphatic carbocycles. The summed E-state index contributed by atoms with van der Waals surface area (Å²) in [6.07, 6.45) is -4.58. The highest BCUT2D eigenvalue weighted by Crippen LogP contribution is 2.26. The first-order valence-electron chi connectivity index (χ1n) is 6.51. The largest absolute Gasteiger partial charge is 0.522 e. The van der Waals surface area contributed by atoms with Crippen molar-refractivity contribution >= 4 is 0 Å². The predicted octanol–water partition coefficient (Wildman–Crippen LogP) is 1.00. The smallest absolute Gasteiger partial charge is 0.377 e. The Morgan fingerprint density at radius 2 is 1.86 bits per heavy atom. The average molecular weight is 305 g/mol. The normalized spacial score (nSPS) is 17.5. The summed E-state index contributed by atoms with van der Waals surface area (Å²) in [5.74, 6) is 0. The second-order valence-corrected chi connectivity index (χ2v) is 4.92. The van der Waals surface area contributed by atoms with E-state index in [1.807, 2.05) is 24.3 Å². The van der Waals surface area contributed by atoms with Crippen LogP contribution in [0.2, 0.25) is 0 Å². The lowest BCUT2D eigenvalue weighted by Crippen LogP contribution is -2.54. The van der Waals surface area contributed by atoms with Crippen molar-refractivity contribution in [3.8, 4) is 0 Å². The molecule has 21 heavy (non-hydrogen) atoms. The third kappa shape index (κ3) is 4.94. The Kier molecular flexibility index (Phi) is 5.17. The molecule has 1 aromatic rings. The van der Waals surface area contributed by atoms with Crippen LogP contribution in [0.1, 0.15) is 11.1 Å². The first-order valence-corrected chi connectivity index (χ1v) is 6.51. The molecule has 4 N–H and O–H groups in total. The molecule has 0 unspecified atom stereocenters. The molecule has 0 atom stereocenters. The topological polar surface area (TPSA) is 68.5 Å². The monoisotopic (exact) mass is 305 g/mol. The van der Waals surface area contributed by atoms with Gasteiger partial charge in [-0.1, -0.05) is 24.3 Å². The number of benzene rings is 1. The third-order valence-corrected chi connectivity index (χ3v) is 3.16. The number of hydrogen-bond acceptors (Lipinski definition) is 5. The highest BCUT2D eigenvalue weighted by Gasteiger charge is 2.35. The van der Waals surface area contributed by atoms with E-state index >= 15 is 0 Å². The van der Waals surface area contributed by atoms with Crippen molar-refractivity contribution in [2.75, 3.05) is 26.4 Å². The van der Waals surface area contributed by atoms with E-state index < -0.39 is 13.0 Å². The lowest BCUT2D eigenvalue weighted by Gasteiger charge is -2.38. The quantitative estimate of drug-likeness (QED) is 0.518. The molecule has 0 spiro atoms. The maximum atomic E-state index is 11.7. The van der Waals surface area contributed by atoms with Crippen molar-refractivity contribution in [1.29, 1.82) is 0 Å². The number of hydrogen-bond donors (Lipinski definition) is 3. The van der Waals surface area contributed by atoms with Crippen LogP contribution in [0.3, 0.4) is 0 Å². The standard InChI is InChI=1S/C13H18F3N3O2/c14-13(15,16)21-6-5-18-19-7-10-1-3-11(4-2-10)12(17)8-20-9-12/h1-4,18-19H,5-9,17H2. The molecule has 0 radical (unpaired) electrons. The van der Waals surface area contributed by atoms with E-state index in [1.54, 1.807) is 0 Å². The molecular weight excluding hydrogens is 287 g/mol. The fraction of sp³-hybridized carbons (Fsp3) is 0.538. The second kappa shape index (κ2) is 6.71. The lowest BCUT2D eigenvalue weighted by atomic mass is 9.89. The summed E-state index contributed by atoms with van der Waals surface area (Å²) in [7, 11) is 0. The van der Waals surface area contributed by atoms with Crippen LogP contribution in [0, 0.1) is 0 Å². The number of alkyl halides is 3. The van der Waals surface area contributed by atoms with Crippen molar-refractivity contribution in [3.63, 3.8) is 0 Å². The molecule has 5 nitrogen and oxygen atoms in total. The molecular formula is C13H18F3N3O2. The molecule has 2 rings (SSSR count). The highest BCUT2D eigenvalue weighted by atomic mass is 19.4. The zero-order valence-corrected chi connectivity index (χ0v) is 11.4. The Labute approximate surface area is 120 Å². The minimum Gasteiger partial charge on any atom is -0.377 e. The van der Waals surface area contributed by atoms with E-state index in [0.717, 1.165) is 11.1 Å². The third-order valence-electron chi connectivity index (χ3n) is 3.16. The molecule has 0 amide bonds. The summed E-state index contributed by atoms with van der Waals surface area (Å²) in [5, 5.41) is 0. The molecule has 1 heterocycles. The molecule has 1 saturated heterocycles. The minimum atomic E-state index is -4.58. The minimum absolute atomic E-state index is 0.0564. The number of rotatable bonds is 7. The molecule has 1 aliphatic rings. The van der Waals surface area contributed by atoms with E-state index in [4.69, 9.17) is 10.5 Å². The summed E-state index contributed by atoms with van der Waals surface area (Å²) in [5.41, 5.74) is 13.2. The van der Waals surface area contributed by atoms with Gasteiger partial charge in [-0.3, -0.25) is 15.6 Å². The average Bonchev–Trinajstić information content (AvgIpc) is 2.39. The molecule has 0 aromatic heterocycles. The summed E-state index contributed by atoms with van der Waals surface area (Å²) in [6, 6.07) is 7.71. The van der Waals surface area contributed by atoms with Gasteiger partial charge in [0.1, 0.15) is 0 Å². The van der Waals surface area contributed by atoms with Crippen LogP contribution in [0.5, 0.6) is 0 Å². The van der Waals surface area contributed by atoms with Gasteiger partial charge in [-0.05, 0) is 11.1 Å². The van der Waals surface area contributed by atoms with Crippen LogP contribution in [0.4, 0.5) is 13.2 Å². The molecule has 118 valence electrons. The van der Waals surface area contributed by atoms with Gasteiger partial charge < -0.3 is 10.5 Å². The van der Waals surface area contributed by atoms with Crippen molar-refractivity contribution in [2.45, 2.75) is 18.4 Å². The van der Waals surface area contributed by atoms with Gasteiger partial charge in [0.2, 0.25) is 0 Å². The van der Waals surface area contributed by atoms with Gasteiger partial charge in [0, 0.05) is 13.1 Å². The first kappa shape index (κ1) is 16.2. The van der Waals surface area contributed by atoms with Gasteiger partial charge in [0.05, 0.1) is 25.4 Å². The van der Waals surface area contributed by atoms with Crippen molar-refractivity contribution in [2.24, 2.45) is 5.73 Å². The van der Waals surface area contributed by atoms with Crippen LogP contribution < -0.4 is 16.6 Å². The van der Waals surface area contributed by atoms with E-state index in [2.05, 4.69) is 15.6 Å². The maximum absolute atomic E-state index is 11.7. The molecule has 1 aliphatic heterocycles. The van der Waals surface area contributed by atoms with Gasteiger partial charge in [-0.15, -0.1) is 13.2 Å². The Bertz CT molecular complexity index is 447. The van der Waals surface area contributed by atoms with Crippen molar-refractivity contribution in [1.82, 2.24) is 10.9 Å². The molecule has 0 saturated carbocycles. The Morgan fingerprint density at radius 1 is 1.19 bits per heavy atom. The fourth-order valence-electron chi connectivity index (χ4n) is 1.91. The second-order valence-electron chi connectivity index (χ2n) is 4.92. The Morgan fingerprint density at radius 3 is 2.38 bits per heavy atom. The van der Waals surface area contributed by atoms with Gasteiger partial charge in [-0.2, -0.15) is 0 Å². The lowest BCUT2D eigenvalue weighted by molar-refractivity contribution is -0.323. The van der Waals surface area contributed by atoms with Gasteiger partial charge in [0.15, 0.2) is 0 Å². The fourth-order valence-corrected chi connectivity index (χ4v) is 1.91. The van der Waals surface area contributed by atoms with E-state index in [1.165, 1.54) is 0 Å². The van der Waals surface area contributed by atoms with Crippen molar-refractivity contribution in [3.05, 3.63) is 35.4 Å². The number of nitrogens with two attached hydrogens (primary N) is 1. The van der Waals surface area contributed by atoms with Crippen LogP contribution >= 0.6 is 0 Å². The zero-order chi connectivity index (χ0) is 15.3. The number of ether oxygens (including phenoxy) is 2. The maximum Gasteiger partial charge on any atom is 0.522 e. The van der Waals surface area contributed by atoms with Gasteiger partial charge in [-0.25, -0.2) is 0 Å². The Hall–Kier alpha value is -1.19. The number of nitrogens with one attached hydrogen (secondary N) is 2. The predicted molar refractivity (Wildman–Crippen MR) is 70.0 cm³/mol.